The van der Waals surface area contributed by atoms with Gasteiger partial charge >= 0.3 is 12.0 Å². The number of urea groups is 1. The lowest BCUT2D eigenvalue weighted by atomic mass is 10.2. The molecule has 0 saturated carbocycles. The fourth-order valence-corrected chi connectivity index (χ4v) is 2.64. The molecule has 0 saturated heterocycles. The molecule has 4 N–H and O–H groups in total. The van der Waals surface area contributed by atoms with Gasteiger partial charge in [-0.05, 0) is 20.8 Å². The molecule has 1 unspecified atom stereocenters. The summed E-state index contributed by atoms with van der Waals surface area (Å²) < 4.78 is 0. The predicted octanol–water partition coefficient (Wildman–Crippen LogP) is 0.956. The van der Waals surface area contributed by atoms with Crippen LogP contribution in [0.15, 0.2) is 0 Å². The number of carboxylic acid groups (broad SMARTS) is 1. The van der Waals surface area contributed by atoms with Crippen molar-refractivity contribution in [3.8, 4) is 0 Å². The number of aromatic nitrogens is 1. The van der Waals surface area contributed by atoms with E-state index in [1.807, 2.05) is 20.8 Å². The smallest absolute Gasteiger partial charge is 0.332 e. The molecule has 1 heterocycles. The molecule has 1 aromatic rings. The first-order valence-corrected chi connectivity index (χ1v) is 7.02. The van der Waals surface area contributed by atoms with E-state index < -0.39 is 18.1 Å². The molecule has 0 aromatic carbocycles. The molecule has 112 valence electrons. The second kappa shape index (κ2) is 7.20. The maximum Gasteiger partial charge on any atom is 0.332 e. The number of nitrogens with zero attached hydrogens (tertiary/aromatic N) is 1. The number of aliphatic hydroxyl groups excluding tert-OH is 1. The molecule has 20 heavy (non-hydrogen) atoms. The summed E-state index contributed by atoms with van der Waals surface area (Å²) in [6.45, 7) is 5.73. The average molecular weight is 301 g/mol. The van der Waals surface area contributed by atoms with Crippen LogP contribution in [0.3, 0.4) is 0 Å². The van der Waals surface area contributed by atoms with E-state index >= 15 is 0 Å². The zero-order valence-corrected chi connectivity index (χ0v) is 12.5. The van der Waals surface area contributed by atoms with E-state index in [-0.39, 0.29) is 19.0 Å². The summed E-state index contributed by atoms with van der Waals surface area (Å²) in [5.41, 5.74) is 0.890. The number of carbonyl (C=O) groups excluding carboxylic acids is 1. The Kier molecular flexibility index (Phi) is 5.90. The normalized spacial score (nSPS) is 13.6. The highest BCUT2D eigenvalue weighted by atomic mass is 32.1. The Morgan fingerprint density at radius 3 is 2.55 bits per heavy atom. The van der Waals surface area contributed by atoms with Crippen molar-refractivity contribution in [1.82, 2.24) is 15.6 Å². The van der Waals surface area contributed by atoms with Gasteiger partial charge in [0.25, 0.3) is 0 Å². The third-order valence-electron chi connectivity index (χ3n) is 2.67. The van der Waals surface area contributed by atoms with Gasteiger partial charge in [0.15, 0.2) is 6.10 Å². The highest BCUT2D eigenvalue weighted by molar-refractivity contribution is 7.11. The van der Waals surface area contributed by atoms with Crippen LogP contribution in [0.5, 0.6) is 0 Å². The van der Waals surface area contributed by atoms with E-state index in [1.165, 1.54) is 11.3 Å². The summed E-state index contributed by atoms with van der Waals surface area (Å²) in [5.74, 6) is -1.30. The Hall–Kier alpha value is -1.67. The van der Waals surface area contributed by atoms with Crippen LogP contribution in [0.4, 0.5) is 4.79 Å². The number of hydrogen-bond donors (Lipinski definition) is 4. The van der Waals surface area contributed by atoms with Crippen molar-refractivity contribution in [3.63, 3.8) is 0 Å². The molecule has 0 radical (unpaired) electrons. The van der Waals surface area contributed by atoms with E-state index in [0.717, 1.165) is 15.6 Å². The third kappa shape index (κ3) is 4.78. The summed E-state index contributed by atoms with van der Waals surface area (Å²) in [4.78, 5) is 27.3. The first-order valence-electron chi connectivity index (χ1n) is 6.20. The Balaban J connectivity index is 2.39. The van der Waals surface area contributed by atoms with Crippen molar-refractivity contribution < 1.29 is 19.8 Å². The van der Waals surface area contributed by atoms with Gasteiger partial charge in [0, 0.05) is 17.8 Å². The van der Waals surface area contributed by atoms with Gasteiger partial charge in [0.1, 0.15) is 0 Å². The number of amides is 2. The van der Waals surface area contributed by atoms with E-state index in [2.05, 4.69) is 15.6 Å². The summed E-state index contributed by atoms with van der Waals surface area (Å²) >= 11 is 1.53. The largest absolute Gasteiger partial charge is 0.479 e. The number of aliphatic hydroxyl groups is 1. The Labute approximate surface area is 121 Å². The molecule has 8 heteroatoms. The van der Waals surface area contributed by atoms with E-state index in [0.29, 0.717) is 0 Å². The van der Waals surface area contributed by atoms with Gasteiger partial charge in [-0.3, -0.25) is 0 Å². The van der Waals surface area contributed by atoms with Crippen LogP contribution < -0.4 is 10.6 Å². The number of rotatable bonds is 6. The highest BCUT2D eigenvalue weighted by Gasteiger charge is 2.16. The minimum atomic E-state index is -1.46. The van der Waals surface area contributed by atoms with Crippen LogP contribution in [0.25, 0.3) is 0 Å². The van der Waals surface area contributed by atoms with Crippen LogP contribution >= 0.6 is 11.3 Å². The number of nitrogens with one attached hydrogen (secondary N) is 2. The van der Waals surface area contributed by atoms with Crippen LogP contribution in [-0.4, -0.2) is 39.8 Å². The lowest BCUT2D eigenvalue weighted by Gasteiger charge is -2.14. The van der Waals surface area contributed by atoms with Gasteiger partial charge in [0.2, 0.25) is 0 Å². The summed E-state index contributed by atoms with van der Waals surface area (Å²) in [6, 6.07) is -0.578. The molecule has 0 aliphatic rings. The molecule has 0 fully saturated rings. The Bertz CT molecular complexity index is 489. The molecule has 0 spiro atoms. The van der Waals surface area contributed by atoms with Gasteiger partial charge < -0.3 is 20.8 Å². The van der Waals surface area contributed by atoms with Gasteiger partial charge in [-0.1, -0.05) is 0 Å². The molecule has 7 nitrogen and oxygen atoms in total. The van der Waals surface area contributed by atoms with Crippen molar-refractivity contribution in [2.75, 3.05) is 6.54 Å². The van der Waals surface area contributed by atoms with Crippen LogP contribution in [0.2, 0.25) is 0 Å². The minimum Gasteiger partial charge on any atom is -0.479 e. The van der Waals surface area contributed by atoms with Crippen LogP contribution in [-0.2, 0) is 4.79 Å². The van der Waals surface area contributed by atoms with Crippen molar-refractivity contribution in [3.05, 3.63) is 15.6 Å². The van der Waals surface area contributed by atoms with E-state index in [1.54, 1.807) is 0 Å². The zero-order valence-electron chi connectivity index (χ0n) is 11.6. The first-order chi connectivity index (χ1) is 9.31. The lowest BCUT2D eigenvalue weighted by Crippen LogP contribution is -2.38. The summed E-state index contributed by atoms with van der Waals surface area (Å²) in [6.07, 6.45) is -1.49. The van der Waals surface area contributed by atoms with Crippen molar-refractivity contribution in [2.45, 2.75) is 39.3 Å². The van der Waals surface area contributed by atoms with Crippen LogP contribution in [0, 0.1) is 13.8 Å². The topological polar surface area (TPSA) is 112 Å². The van der Waals surface area contributed by atoms with E-state index in [9.17, 15) is 9.59 Å². The first kappa shape index (κ1) is 16.4. The SMILES string of the molecule is Cc1nc(C)c(C(C)NC(=O)NCC[C@H](O)C(=O)O)s1. The van der Waals surface area contributed by atoms with Gasteiger partial charge in [-0.25, -0.2) is 14.6 Å². The average Bonchev–Trinajstić information content (AvgIpc) is 2.68. The molecule has 2 amide bonds. The molecule has 0 aliphatic carbocycles. The number of aryl methyl sites for hydroxylation is 2. The number of hydrogen-bond acceptors (Lipinski definition) is 5. The Morgan fingerprint density at radius 2 is 2.05 bits per heavy atom. The van der Waals surface area contributed by atoms with Gasteiger partial charge in [0.05, 0.1) is 16.7 Å². The molecule has 0 aliphatic heterocycles. The fraction of sp³-hybridized carbons (Fsp3) is 0.583. The van der Waals surface area contributed by atoms with Crippen molar-refractivity contribution in [1.29, 1.82) is 0 Å². The van der Waals surface area contributed by atoms with Gasteiger partial charge in [-0.15, -0.1) is 11.3 Å². The summed E-state index contributed by atoms with van der Waals surface area (Å²) in [7, 11) is 0. The number of thiazole rings is 1. The maximum absolute atomic E-state index is 11.6. The molecule has 2 atom stereocenters. The summed E-state index contributed by atoms with van der Waals surface area (Å²) in [5, 5.41) is 23.7. The zero-order chi connectivity index (χ0) is 15.3. The molecular weight excluding hydrogens is 282 g/mol. The second-order valence-electron chi connectivity index (χ2n) is 4.45. The monoisotopic (exact) mass is 301 g/mol. The van der Waals surface area contributed by atoms with E-state index in [4.69, 9.17) is 10.2 Å². The standard InChI is InChI=1S/C12H19N3O4S/c1-6-10(20-8(3)14-6)7(2)15-12(19)13-5-4-9(16)11(17)18/h7,9,16H,4-5H2,1-3H3,(H,17,18)(H2,13,15,19)/t7?,9-/m0/s1. The lowest BCUT2D eigenvalue weighted by molar-refractivity contribution is -0.146. The maximum atomic E-state index is 11.6. The van der Waals surface area contributed by atoms with Crippen molar-refractivity contribution >= 4 is 23.3 Å². The second-order valence-corrected chi connectivity index (χ2v) is 5.68. The van der Waals surface area contributed by atoms with Gasteiger partial charge in [-0.2, -0.15) is 0 Å². The minimum absolute atomic E-state index is 0.0319. The molecule has 1 rings (SSSR count). The fourth-order valence-electron chi connectivity index (χ4n) is 1.71. The Morgan fingerprint density at radius 1 is 1.40 bits per heavy atom. The third-order valence-corrected chi connectivity index (χ3v) is 3.92. The molecular formula is C12H19N3O4S. The highest BCUT2D eigenvalue weighted by Crippen LogP contribution is 2.24. The molecule has 0 bridgehead atoms. The number of carbonyl (C=O) groups is 2. The molecule has 1 aromatic heterocycles. The quantitative estimate of drug-likeness (QED) is 0.625. The van der Waals surface area contributed by atoms with Crippen LogP contribution in [0.1, 0.15) is 35.0 Å². The number of aliphatic carboxylic acids is 1. The number of carboxylic acids is 1. The predicted molar refractivity (Wildman–Crippen MR) is 74.8 cm³/mol. The van der Waals surface area contributed by atoms with Crippen molar-refractivity contribution in [2.24, 2.45) is 0 Å².